The van der Waals surface area contributed by atoms with Crippen molar-refractivity contribution in [3.63, 3.8) is 0 Å². The third kappa shape index (κ3) is 4.93. The maximum absolute atomic E-state index is 12.8. The minimum atomic E-state index is -0.345. The van der Waals surface area contributed by atoms with Gasteiger partial charge >= 0.3 is 0 Å². The van der Waals surface area contributed by atoms with Crippen LogP contribution in [-0.4, -0.2) is 56.6 Å². The van der Waals surface area contributed by atoms with Crippen LogP contribution in [0.2, 0.25) is 5.02 Å². The second-order valence-corrected chi connectivity index (χ2v) is 6.63. The largest absolute Gasteiger partial charge is 0.482 e. The van der Waals surface area contributed by atoms with E-state index in [1.165, 1.54) is 11.0 Å². The van der Waals surface area contributed by atoms with Crippen LogP contribution in [0.4, 0.5) is 5.69 Å². The van der Waals surface area contributed by atoms with E-state index in [0.717, 1.165) is 0 Å². The van der Waals surface area contributed by atoms with Crippen molar-refractivity contribution in [2.45, 2.75) is 13.8 Å². The van der Waals surface area contributed by atoms with Crippen LogP contribution < -0.4 is 10.1 Å². The number of nitrogens with one attached hydrogen (secondary N) is 1. The van der Waals surface area contributed by atoms with Crippen molar-refractivity contribution in [3.05, 3.63) is 59.4 Å². The summed E-state index contributed by atoms with van der Waals surface area (Å²) in [7, 11) is 0. The highest BCUT2D eigenvalue weighted by atomic mass is 35.5. The van der Waals surface area contributed by atoms with Gasteiger partial charge in [0.1, 0.15) is 12.1 Å². The van der Waals surface area contributed by atoms with Crippen molar-refractivity contribution in [1.82, 2.24) is 25.1 Å². The van der Waals surface area contributed by atoms with Crippen LogP contribution in [0.15, 0.2) is 48.8 Å². The molecule has 0 unspecified atom stereocenters. The number of tetrazole rings is 1. The van der Waals surface area contributed by atoms with Gasteiger partial charge in [0.05, 0.1) is 16.3 Å². The smallest absolute Gasteiger partial charge is 0.260 e. The van der Waals surface area contributed by atoms with Crippen molar-refractivity contribution in [2.75, 3.05) is 25.0 Å². The van der Waals surface area contributed by atoms with Gasteiger partial charge in [-0.3, -0.25) is 9.59 Å². The highest BCUT2D eigenvalue weighted by Gasteiger charge is 2.15. The van der Waals surface area contributed by atoms with Crippen LogP contribution in [-0.2, 0) is 4.79 Å². The molecular weight excluding hydrogens is 408 g/mol. The van der Waals surface area contributed by atoms with E-state index in [1.54, 1.807) is 47.4 Å². The van der Waals surface area contributed by atoms with Gasteiger partial charge in [0.25, 0.3) is 11.8 Å². The van der Waals surface area contributed by atoms with Crippen LogP contribution in [0, 0.1) is 0 Å². The van der Waals surface area contributed by atoms with Gasteiger partial charge in [-0.15, -0.1) is 5.10 Å². The Labute approximate surface area is 178 Å². The summed E-state index contributed by atoms with van der Waals surface area (Å²) < 4.78 is 6.94. The number of carbonyl (C=O) groups excluding carboxylic acids is 2. The molecule has 0 bridgehead atoms. The molecule has 0 aliphatic heterocycles. The second kappa shape index (κ2) is 9.84. The first-order chi connectivity index (χ1) is 14.5. The molecule has 3 aromatic rings. The van der Waals surface area contributed by atoms with Gasteiger partial charge in [0.15, 0.2) is 6.61 Å². The number of halogens is 1. The average Bonchev–Trinajstić information content (AvgIpc) is 3.29. The van der Waals surface area contributed by atoms with E-state index < -0.39 is 0 Å². The van der Waals surface area contributed by atoms with Crippen LogP contribution in [0.1, 0.15) is 24.2 Å². The number of hydrogen-bond donors (Lipinski definition) is 1. The van der Waals surface area contributed by atoms with E-state index >= 15 is 0 Å². The van der Waals surface area contributed by atoms with Crippen molar-refractivity contribution in [3.8, 4) is 11.4 Å². The first-order valence-electron chi connectivity index (χ1n) is 9.37. The Balaban J connectivity index is 1.69. The number of rotatable bonds is 8. The molecule has 2 aromatic carbocycles. The molecule has 0 saturated carbocycles. The number of anilines is 1. The number of likely N-dealkylation sites (N-methyl/N-ethyl adjacent to an activating group) is 1. The minimum Gasteiger partial charge on any atom is -0.482 e. The van der Waals surface area contributed by atoms with E-state index in [0.29, 0.717) is 35.8 Å². The van der Waals surface area contributed by atoms with Gasteiger partial charge in [-0.1, -0.05) is 23.7 Å². The molecule has 0 saturated heterocycles. The van der Waals surface area contributed by atoms with E-state index in [1.807, 2.05) is 13.8 Å². The van der Waals surface area contributed by atoms with Crippen molar-refractivity contribution < 1.29 is 14.3 Å². The number of amides is 2. The maximum atomic E-state index is 12.8. The molecule has 0 fully saturated rings. The lowest BCUT2D eigenvalue weighted by atomic mass is 10.1. The zero-order chi connectivity index (χ0) is 21.5. The molecule has 0 radical (unpaired) electrons. The Morgan fingerprint density at radius 1 is 1.17 bits per heavy atom. The lowest BCUT2D eigenvalue weighted by Gasteiger charge is -2.19. The quantitative estimate of drug-likeness (QED) is 0.591. The summed E-state index contributed by atoms with van der Waals surface area (Å²) in [5, 5.41) is 14.1. The number of para-hydroxylation sites is 1. The summed E-state index contributed by atoms with van der Waals surface area (Å²) in [5.41, 5.74) is 1.42. The van der Waals surface area contributed by atoms with Crippen LogP contribution in [0.3, 0.4) is 0 Å². The third-order valence-corrected chi connectivity index (χ3v) is 4.70. The van der Waals surface area contributed by atoms with Gasteiger partial charge in [-0.2, -0.15) is 4.68 Å². The highest BCUT2D eigenvalue weighted by molar-refractivity contribution is 6.32. The molecule has 1 heterocycles. The molecule has 156 valence electrons. The molecule has 3 rings (SSSR count). The monoisotopic (exact) mass is 428 g/mol. The molecule has 0 aliphatic carbocycles. The summed E-state index contributed by atoms with van der Waals surface area (Å²) in [6.07, 6.45) is 1.41. The normalized spacial score (nSPS) is 10.5. The van der Waals surface area contributed by atoms with Gasteiger partial charge in [0, 0.05) is 18.8 Å². The fourth-order valence-electron chi connectivity index (χ4n) is 2.84. The maximum Gasteiger partial charge on any atom is 0.260 e. The highest BCUT2D eigenvalue weighted by Crippen LogP contribution is 2.28. The predicted molar refractivity (Wildman–Crippen MR) is 112 cm³/mol. The Morgan fingerprint density at radius 3 is 2.60 bits per heavy atom. The van der Waals surface area contributed by atoms with Crippen molar-refractivity contribution in [2.24, 2.45) is 0 Å². The van der Waals surface area contributed by atoms with Gasteiger partial charge in [-0.25, -0.2) is 0 Å². The fourth-order valence-corrected chi connectivity index (χ4v) is 3.07. The molecule has 2 amide bonds. The Morgan fingerprint density at radius 2 is 1.93 bits per heavy atom. The van der Waals surface area contributed by atoms with Gasteiger partial charge in [0.2, 0.25) is 0 Å². The zero-order valence-corrected chi connectivity index (χ0v) is 17.3. The predicted octanol–water partition coefficient (Wildman–Crippen LogP) is 2.82. The second-order valence-electron chi connectivity index (χ2n) is 6.23. The van der Waals surface area contributed by atoms with Gasteiger partial charge < -0.3 is 15.0 Å². The molecule has 0 atom stereocenters. The average molecular weight is 429 g/mol. The topological polar surface area (TPSA) is 102 Å². The summed E-state index contributed by atoms with van der Waals surface area (Å²) in [6.45, 7) is 4.94. The fraction of sp³-hybridized carbons (Fsp3) is 0.250. The molecular formula is C20H21ClN6O3. The number of benzene rings is 2. The number of carbonyl (C=O) groups is 2. The number of nitrogens with zero attached hydrogens (tertiary/aromatic N) is 5. The van der Waals surface area contributed by atoms with E-state index in [-0.39, 0.29) is 23.4 Å². The molecule has 10 heteroatoms. The van der Waals surface area contributed by atoms with E-state index in [2.05, 4.69) is 20.8 Å². The zero-order valence-electron chi connectivity index (χ0n) is 16.6. The third-order valence-electron chi connectivity index (χ3n) is 4.40. The van der Waals surface area contributed by atoms with E-state index in [4.69, 9.17) is 16.3 Å². The molecule has 0 aliphatic rings. The molecule has 30 heavy (non-hydrogen) atoms. The Bertz CT molecular complexity index is 1020. The standard InChI is InChI=1S/C20H21ClN6O3/c1-3-26(4-2)19(28)12-30-18-10-9-14(11-16(18)21)23-20(29)15-7-5-6-8-17(15)27-13-22-24-25-27/h5-11,13H,3-4,12H2,1-2H3,(H,23,29). The summed E-state index contributed by atoms with van der Waals surface area (Å²) >= 11 is 6.27. The number of hydrogen-bond acceptors (Lipinski definition) is 6. The summed E-state index contributed by atoms with van der Waals surface area (Å²) in [6, 6.07) is 11.8. The lowest BCUT2D eigenvalue weighted by Crippen LogP contribution is -2.34. The van der Waals surface area contributed by atoms with E-state index in [9.17, 15) is 9.59 Å². The number of ether oxygens (including phenoxy) is 1. The SMILES string of the molecule is CCN(CC)C(=O)COc1ccc(NC(=O)c2ccccc2-n2cnnn2)cc1Cl. The Hall–Kier alpha value is -3.46. The summed E-state index contributed by atoms with van der Waals surface area (Å²) in [5.74, 6) is -0.0977. The van der Waals surface area contributed by atoms with Gasteiger partial charge in [-0.05, 0) is 54.6 Å². The number of aromatic nitrogens is 4. The first-order valence-corrected chi connectivity index (χ1v) is 9.75. The summed E-state index contributed by atoms with van der Waals surface area (Å²) in [4.78, 5) is 26.5. The van der Waals surface area contributed by atoms with Crippen LogP contribution in [0.25, 0.3) is 5.69 Å². The van der Waals surface area contributed by atoms with Crippen LogP contribution >= 0.6 is 11.6 Å². The molecule has 0 spiro atoms. The molecule has 1 aromatic heterocycles. The van der Waals surface area contributed by atoms with Crippen molar-refractivity contribution >= 4 is 29.1 Å². The minimum absolute atomic E-state index is 0.105. The van der Waals surface area contributed by atoms with Crippen molar-refractivity contribution in [1.29, 1.82) is 0 Å². The first kappa shape index (κ1) is 21.3. The molecule has 9 nitrogen and oxygen atoms in total. The van der Waals surface area contributed by atoms with Crippen LogP contribution in [0.5, 0.6) is 5.75 Å². The molecule has 1 N–H and O–H groups in total. The Kier molecular flexibility index (Phi) is 6.97. The lowest BCUT2D eigenvalue weighted by molar-refractivity contribution is -0.132.